The summed E-state index contributed by atoms with van der Waals surface area (Å²) in [6, 6.07) is 0. The molecule has 1 saturated heterocycles. The Morgan fingerprint density at radius 3 is 2.54 bits per heavy atom. The zero-order valence-electron chi connectivity index (χ0n) is 14.9. The number of carbonyl (C=O) groups is 2. The first-order valence-corrected chi connectivity index (χ1v) is 9.75. The number of aromatic nitrogens is 1. The summed E-state index contributed by atoms with van der Waals surface area (Å²) in [7, 11) is 0. The lowest BCUT2D eigenvalue weighted by Gasteiger charge is -2.38. The van der Waals surface area contributed by atoms with Crippen LogP contribution in [-0.2, 0) is 9.59 Å². The van der Waals surface area contributed by atoms with E-state index in [4.69, 9.17) is 4.98 Å². The van der Waals surface area contributed by atoms with Crippen LogP contribution in [-0.4, -0.2) is 40.3 Å². The van der Waals surface area contributed by atoms with Crippen molar-refractivity contribution in [3.8, 4) is 0 Å². The maximum Gasteiger partial charge on any atom is 0.248 e. The molecule has 0 bridgehead atoms. The van der Waals surface area contributed by atoms with Crippen molar-refractivity contribution in [1.82, 2.24) is 15.2 Å². The van der Waals surface area contributed by atoms with E-state index in [0.29, 0.717) is 5.92 Å². The third kappa shape index (κ3) is 3.34. The Morgan fingerprint density at radius 2 is 1.96 bits per heavy atom. The first kappa shape index (κ1) is 17.4. The maximum absolute atomic E-state index is 13.2. The standard InChI is InChI=1S/C18H27N3O2S/c1-12-13(2)24-16(19-12)15-7-6-10-21(11-15)17(23)18(20-14(3)22)8-4-5-9-18/h15H,4-11H2,1-3H3,(H,20,22)/t15-/m1/s1. The summed E-state index contributed by atoms with van der Waals surface area (Å²) >= 11 is 1.76. The van der Waals surface area contributed by atoms with Gasteiger partial charge in [0.25, 0.3) is 0 Å². The fourth-order valence-corrected chi connectivity index (χ4v) is 5.09. The van der Waals surface area contributed by atoms with E-state index < -0.39 is 5.54 Å². The van der Waals surface area contributed by atoms with Crippen molar-refractivity contribution < 1.29 is 9.59 Å². The summed E-state index contributed by atoms with van der Waals surface area (Å²) in [5, 5.41) is 4.13. The van der Waals surface area contributed by atoms with Crippen LogP contribution in [0, 0.1) is 13.8 Å². The van der Waals surface area contributed by atoms with E-state index in [9.17, 15) is 9.59 Å². The smallest absolute Gasteiger partial charge is 0.248 e. The molecule has 1 atom stereocenters. The number of carbonyl (C=O) groups excluding carboxylic acids is 2. The summed E-state index contributed by atoms with van der Waals surface area (Å²) in [4.78, 5) is 32.8. The van der Waals surface area contributed by atoms with E-state index >= 15 is 0 Å². The van der Waals surface area contributed by atoms with Crippen LogP contribution in [0.2, 0.25) is 0 Å². The van der Waals surface area contributed by atoms with Crippen molar-refractivity contribution in [2.24, 2.45) is 0 Å². The van der Waals surface area contributed by atoms with Gasteiger partial charge in [-0.25, -0.2) is 4.98 Å². The van der Waals surface area contributed by atoms with Gasteiger partial charge in [-0.15, -0.1) is 11.3 Å². The Balaban J connectivity index is 1.75. The number of hydrogen-bond acceptors (Lipinski definition) is 4. The number of likely N-dealkylation sites (tertiary alicyclic amines) is 1. The molecular weight excluding hydrogens is 322 g/mol. The summed E-state index contributed by atoms with van der Waals surface area (Å²) < 4.78 is 0. The number of thiazole rings is 1. The van der Waals surface area contributed by atoms with Crippen LogP contribution >= 0.6 is 11.3 Å². The SMILES string of the molecule is CC(=O)NC1(C(=O)N2CCC[C@@H](c3nc(C)c(C)s3)C2)CCCC1. The molecule has 3 rings (SSSR count). The average Bonchev–Trinajstić information content (AvgIpc) is 3.14. The Bertz CT molecular complexity index is 615. The minimum Gasteiger partial charge on any atom is -0.342 e. The Morgan fingerprint density at radius 1 is 1.25 bits per heavy atom. The number of piperidine rings is 1. The molecule has 1 aliphatic heterocycles. The highest BCUT2D eigenvalue weighted by Gasteiger charge is 2.45. The molecule has 0 unspecified atom stereocenters. The van der Waals surface area contributed by atoms with Gasteiger partial charge in [-0.3, -0.25) is 9.59 Å². The lowest BCUT2D eigenvalue weighted by Crippen LogP contribution is -2.59. The van der Waals surface area contributed by atoms with Crippen LogP contribution in [0.4, 0.5) is 0 Å². The first-order chi connectivity index (χ1) is 11.4. The minimum atomic E-state index is -0.664. The molecule has 0 aromatic carbocycles. The lowest BCUT2D eigenvalue weighted by molar-refractivity contribution is -0.142. The third-order valence-electron chi connectivity index (χ3n) is 5.38. The fraction of sp³-hybridized carbons (Fsp3) is 0.722. The lowest BCUT2D eigenvalue weighted by atomic mass is 9.92. The Labute approximate surface area is 147 Å². The highest BCUT2D eigenvalue weighted by molar-refractivity contribution is 7.11. The normalized spacial score (nSPS) is 23.3. The van der Waals surface area contributed by atoms with Crippen LogP contribution < -0.4 is 5.32 Å². The molecule has 2 aliphatic rings. The average molecular weight is 350 g/mol. The van der Waals surface area contributed by atoms with Gasteiger partial charge in [0.05, 0.1) is 10.7 Å². The molecule has 132 valence electrons. The number of amides is 2. The van der Waals surface area contributed by atoms with Gasteiger partial charge in [-0.05, 0) is 39.5 Å². The molecule has 2 heterocycles. The molecule has 0 radical (unpaired) electrons. The van der Waals surface area contributed by atoms with Gasteiger partial charge in [-0.2, -0.15) is 0 Å². The number of aryl methyl sites for hydroxylation is 2. The molecule has 2 fully saturated rings. The third-order valence-corrected chi connectivity index (χ3v) is 6.62. The highest BCUT2D eigenvalue weighted by atomic mass is 32.1. The van der Waals surface area contributed by atoms with E-state index in [0.717, 1.165) is 62.3 Å². The molecule has 1 N–H and O–H groups in total. The zero-order chi connectivity index (χ0) is 17.3. The van der Waals surface area contributed by atoms with E-state index in [1.165, 1.54) is 11.8 Å². The van der Waals surface area contributed by atoms with Crippen molar-refractivity contribution in [3.05, 3.63) is 15.6 Å². The van der Waals surface area contributed by atoms with E-state index in [2.05, 4.69) is 12.2 Å². The number of hydrogen-bond donors (Lipinski definition) is 1. The summed E-state index contributed by atoms with van der Waals surface area (Å²) in [5.41, 5.74) is 0.437. The molecule has 1 aromatic heterocycles. The molecule has 24 heavy (non-hydrogen) atoms. The van der Waals surface area contributed by atoms with Gasteiger partial charge in [0.1, 0.15) is 5.54 Å². The van der Waals surface area contributed by atoms with Crippen LogP contribution in [0.5, 0.6) is 0 Å². The van der Waals surface area contributed by atoms with Gasteiger partial charge in [0, 0.05) is 30.8 Å². The molecule has 2 amide bonds. The molecule has 5 nitrogen and oxygen atoms in total. The molecule has 6 heteroatoms. The van der Waals surface area contributed by atoms with E-state index in [-0.39, 0.29) is 11.8 Å². The fourth-order valence-electron chi connectivity index (χ4n) is 4.05. The van der Waals surface area contributed by atoms with Crippen LogP contribution in [0.3, 0.4) is 0 Å². The predicted molar refractivity (Wildman–Crippen MR) is 95.2 cm³/mol. The summed E-state index contributed by atoms with van der Waals surface area (Å²) in [6.45, 7) is 7.18. The number of rotatable bonds is 3. The molecule has 1 saturated carbocycles. The monoisotopic (exact) mass is 349 g/mol. The summed E-state index contributed by atoms with van der Waals surface area (Å²) in [5.74, 6) is 0.339. The minimum absolute atomic E-state index is 0.106. The largest absolute Gasteiger partial charge is 0.342 e. The molecular formula is C18H27N3O2S. The van der Waals surface area contributed by atoms with Crippen molar-refractivity contribution in [2.45, 2.75) is 70.8 Å². The van der Waals surface area contributed by atoms with E-state index in [1.54, 1.807) is 11.3 Å². The molecule has 1 aromatic rings. The van der Waals surface area contributed by atoms with Gasteiger partial charge in [0.15, 0.2) is 0 Å². The van der Waals surface area contributed by atoms with Gasteiger partial charge in [0.2, 0.25) is 11.8 Å². The second kappa shape index (κ2) is 6.82. The van der Waals surface area contributed by atoms with E-state index in [1.807, 2.05) is 11.8 Å². The van der Waals surface area contributed by atoms with Crippen molar-refractivity contribution in [1.29, 1.82) is 0 Å². The van der Waals surface area contributed by atoms with Gasteiger partial charge < -0.3 is 10.2 Å². The van der Waals surface area contributed by atoms with Gasteiger partial charge in [-0.1, -0.05) is 12.8 Å². The summed E-state index contributed by atoms with van der Waals surface area (Å²) in [6.07, 6.45) is 5.64. The predicted octanol–water partition coefficient (Wildman–Crippen LogP) is 2.91. The quantitative estimate of drug-likeness (QED) is 0.913. The molecule has 0 spiro atoms. The van der Waals surface area contributed by atoms with Gasteiger partial charge >= 0.3 is 0 Å². The second-order valence-electron chi connectivity index (χ2n) is 7.25. The Kier molecular flexibility index (Phi) is 4.95. The van der Waals surface area contributed by atoms with Crippen LogP contribution in [0.1, 0.15) is 66.9 Å². The maximum atomic E-state index is 13.2. The first-order valence-electron chi connectivity index (χ1n) is 8.93. The number of nitrogens with zero attached hydrogens (tertiary/aromatic N) is 2. The number of nitrogens with one attached hydrogen (secondary N) is 1. The topological polar surface area (TPSA) is 62.3 Å². The van der Waals surface area contributed by atoms with Crippen LogP contribution in [0.25, 0.3) is 0 Å². The highest BCUT2D eigenvalue weighted by Crippen LogP contribution is 2.35. The van der Waals surface area contributed by atoms with Crippen molar-refractivity contribution in [2.75, 3.05) is 13.1 Å². The van der Waals surface area contributed by atoms with Crippen molar-refractivity contribution in [3.63, 3.8) is 0 Å². The second-order valence-corrected chi connectivity index (χ2v) is 8.49. The molecule has 1 aliphatic carbocycles. The zero-order valence-corrected chi connectivity index (χ0v) is 15.7. The Hall–Kier alpha value is -1.43. The van der Waals surface area contributed by atoms with Crippen molar-refractivity contribution >= 4 is 23.2 Å². The van der Waals surface area contributed by atoms with Crippen LogP contribution in [0.15, 0.2) is 0 Å².